The normalized spacial score (nSPS) is 17.1. The van der Waals surface area contributed by atoms with Crippen LogP contribution >= 0.6 is 0 Å². The van der Waals surface area contributed by atoms with E-state index in [4.69, 9.17) is 4.74 Å². The SMILES string of the molecule is Cn1c(=O)n(C2CCC(=O)NC2=O)c2ccc(CCCOCCCC=O)cc21. The second kappa shape index (κ2) is 8.97. The number of aromatic nitrogens is 2. The predicted octanol–water partition coefficient (Wildman–Crippen LogP) is 1.25. The molecule has 1 aliphatic heterocycles. The fourth-order valence-corrected chi connectivity index (χ4v) is 3.54. The molecule has 2 heterocycles. The topological polar surface area (TPSA) is 99.4 Å². The largest absolute Gasteiger partial charge is 0.381 e. The van der Waals surface area contributed by atoms with E-state index in [9.17, 15) is 19.2 Å². The molecule has 2 amide bonds. The van der Waals surface area contributed by atoms with Crippen molar-refractivity contribution in [2.75, 3.05) is 13.2 Å². The van der Waals surface area contributed by atoms with Crippen LogP contribution in [0.4, 0.5) is 0 Å². The maximum atomic E-state index is 12.7. The third-order valence-corrected chi connectivity index (χ3v) is 5.04. The zero-order valence-electron chi connectivity index (χ0n) is 16.0. The molecule has 1 N–H and O–H groups in total. The van der Waals surface area contributed by atoms with Crippen LogP contribution in [0.25, 0.3) is 11.0 Å². The van der Waals surface area contributed by atoms with E-state index in [1.165, 1.54) is 4.57 Å². The Morgan fingerprint density at radius 3 is 2.71 bits per heavy atom. The van der Waals surface area contributed by atoms with E-state index in [1.54, 1.807) is 11.6 Å². The lowest BCUT2D eigenvalue weighted by Crippen LogP contribution is -2.44. The fraction of sp³-hybridized carbons (Fsp3) is 0.500. The van der Waals surface area contributed by atoms with Gasteiger partial charge in [-0.25, -0.2) is 4.79 Å². The maximum Gasteiger partial charge on any atom is 0.329 e. The molecule has 1 aromatic carbocycles. The highest BCUT2D eigenvalue weighted by Crippen LogP contribution is 2.24. The van der Waals surface area contributed by atoms with Gasteiger partial charge in [-0.3, -0.25) is 24.0 Å². The number of amides is 2. The smallest absolute Gasteiger partial charge is 0.329 e. The van der Waals surface area contributed by atoms with Gasteiger partial charge < -0.3 is 9.53 Å². The Balaban J connectivity index is 1.72. The van der Waals surface area contributed by atoms with Crippen LogP contribution in [0.2, 0.25) is 0 Å². The number of rotatable bonds is 9. The van der Waals surface area contributed by atoms with E-state index in [0.29, 0.717) is 31.6 Å². The first-order valence-corrected chi connectivity index (χ1v) is 9.58. The number of unbranched alkanes of at least 4 members (excludes halogenated alkanes) is 1. The highest BCUT2D eigenvalue weighted by atomic mass is 16.5. The molecule has 1 aliphatic rings. The fourth-order valence-electron chi connectivity index (χ4n) is 3.54. The number of fused-ring (bicyclic) bond motifs is 1. The minimum absolute atomic E-state index is 0.226. The van der Waals surface area contributed by atoms with Crippen molar-refractivity contribution in [3.63, 3.8) is 0 Å². The molecule has 1 aromatic heterocycles. The summed E-state index contributed by atoms with van der Waals surface area (Å²) in [5.41, 5.74) is 2.27. The number of hydrogen-bond acceptors (Lipinski definition) is 5. The lowest BCUT2D eigenvalue weighted by molar-refractivity contribution is -0.135. The first-order valence-electron chi connectivity index (χ1n) is 9.58. The van der Waals surface area contributed by atoms with Crippen LogP contribution in [0.3, 0.4) is 0 Å². The van der Waals surface area contributed by atoms with Crippen LogP contribution in [-0.4, -0.2) is 40.4 Å². The Labute approximate surface area is 162 Å². The van der Waals surface area contributed by atoms with Crippen LogP contribution < -0.4 is 11.0 Å². The lowest BCUT2D eigenvalue weighted by atomic mass is 10.1. The van der Waals surface area contributed by atoms with Crippen molar-refractivity contribution in [2.24, 2.45) is 7.05 Å². The molecule has 28 heavy (non-hydrogen) atoms. The molecule has 8 heteroatoms. The summed E-state index contributed by atoms with van der Waals surface area (Å²) in [6.07, 6.45) is 4.36. The van der Waals surface area contributed by atoms with Gasteiger partial charge in [0.15, 0.2) is 0 Å². The van der Waals surface area contributed by atoms with E-state index in [2.05, 4.69) is 5.32 Å². The van der Waals surface area contributed by atoms with Crippen LogP contribution in [0.15, 0.2) is 23.0 Å². The number of carbonyl (C=O) groups is 3. The molecular formula is C20H25N3O5. The van der Waals surface area contributed by atoms with Crippen molar-refractivity contribution in [1.29, 1.82) is 0 Å². The van der Waals surface area contributed by atoms with E-state index >= 15 is 0 Å². The summed E-state index contributed by atoms with van der Waals surface area (Å²) in [6, 6.07) is 5.11. The van der Waals surface area contributed by atoms with Gasteiger partial charge in [-0.1, -0.05) is 6.07 Å². The Hall–Kier alpha value is -2.74. The molecule has 1 saturated heterocycles. The van der Waals surface area contributed by atoms with Crippen molar-refractivity contribution in [3.05, 3.63) is 34.2 Å². The highest BCUT2D eigenvalue weighted by Gasteiger charge is 2.31. The van der Waals surface area contributed by atoms with Gasteiger partial charge in [0.1, 0.15) is 12.3 Å². The number of aryl methyl sites for hydroxylation is 2. The molecule has 150 valence electrons. The number of piperidine rings is 1. The quantitative estimate of drug-likeness (QED) is 0.397. The monoisotopic (exact) mass is 387 g/mol. The molecule has 2 aromatic rings. The van der Waals surface area contributed by atoms with Gasteiger partial charge in [-0.2, -0.15) is 0 Å². The predicted molar refractivity (Wildman–Crippen MR) is 103 cm³/mol. The lowest BCUT2D eigenvalue weighted by Gasteiger charge is -2.21. The second-order valence-corrected chi connectivity index (χ2v) is 7.03. The number of imidazole rings is 1. The summed E-state index contributed by atoms with van der Waals surface area (Å²) >= 11 is 0. The number of nitrogens with zero attached hydrogens (tertiary/aromatic N) is 2. The summed E-state index contributed by atoms with van der Waals surface area (Å²) in [7, 11) is 1.69. The average Bonchev–Trinajstić information content (AvgIpc) is 2.92. The maximum absolute atomic E-state index is 12.7. The zero-order valence-corrected chi connectivity index (χ0v) is 16.0. The third-order valence-electron chi connectivity index (χ3n) is 5.04. The van der Waals surface area contributed by atoms with Crippen molar-refractivity contribution in [3.8, 4) is 0 Å². The Morgan fingerprint density at radius 2 is 1.96 bits per heavy atom. The van der Waals surface area contributed by atoms with Gasteiger partial charge in [0.2, 0.25) is 11.8 Å². The van der Waals surface area contributed by atoms with E-state index < -0.39 is 11.9 Å². The Morgan fingerprint density at radius 1 is 1.18 bits per heavy atom. The highest BCUT2D eigenvalue weighted by molar-refractivity contribution is 6.00. The third kappa shape index (κ3) is 4.22. The first-order chi connectivity index (χ1) is 13.5. The van der Waals surface area contributed by atoms with Crippen LogP contribution in [0.1, 0.15) is 43.7 Å². The van der Waals surface area contributed by atoms with Gasteiger partial charge in [-0.05, 0) is 43.4 Å². The van der Waals surface area contributed by atoms with E-state index in [1.807, 2.05) is 18.2 Å². The van der Waals surface area contributed by atoms with Gasteiger partial charge in [0.25, 0.3) is 0 Å². The molecular weight excluding hydrogens is 362 g/mol. The average molecular weight is 387 g/mol. The minimum Gasteiger partial charge on any atom is -0.381 e. The van der Waals surface area contributed by atoms with Crippen molar-refractivity contribution >= 4 is 29.1 Å². The minimum atomic E-state index is -0.667. The van der Waals surface area contributed by atoms with Gasteiger partial charge in [-0.15, -0.1) is 0 Å². The van der Waals surface area contributed by atoms with Crippen molar-refractivity contribution in [1.82, 2.24) is 14.5 Å². The number of carbonyl (C=O) groups excluding carboxylic acids is 3. The number of imide groups is 1. The van der Waals surface area contributed by atoms with Crippen molar-refractivity contribution in [2.45, 2.75) is 44.6 Å². The van der Waals surface area contributed by atoms with Crippen LogP contribution in [-0.2, 0) is 32.6 Å². The molecule has 8 nitrogen and oxygen atoms in total. The molecule has 1 unspecified atom stereocenters. The van der Waals surface area contributed by atoms with Gasteiger partial charge in [0.05, 0.1) is 11.0 Å². The number of hydrogen-bond donors (Lipinski definition) is 1. The van der Waals surface area contributed by atoms with Crippen LogP contribution in [0, 0.1) is 0 Å². The van der Waals surface area contributed by atoms with Crippen molar-refractivity contribution < 1.29 is 19.1 Å². The van der Waals surface area contributed by atoms with Gasteiger partial charge in [0, 0.05) is 33.1 Å². The summed E-state index contributed by atoms with van der Waals surface area (Å²) in [5.74, 6) is -0.730. The zero-order chi connectivity index (χ0) is 20.1. The van der Waals surface area contributed by atoms with E-state index in [-0.39, 0.29) is 18.0 Å². The molecule has 0 radical (unpaired) electrons. The molecule has 1 atom stereocenters. The molecule has 3 rings (SSSR count). The molecule has 0 aliphatic carbocycles. The summed E-state index contributed by atoms with van der Waals surface area (Å²) in [6.45, 7) is 1.20. The Bertz CT molecular complexity index is 943. The number of nitrogens with one attached hydrogen (secondary N) is 1. The standard InChI is InChI=1S/C20H25N3O5/c1-22-17-13-14(5-4-12-28-11-3-2-10-24)6-7-15(17)23(20(22)27)16-8-9-18(25)21-19(16)26/h6-7,10,13,16H,2-5,8-9,11-12H2,1H3,(H,21,25,26). The van der Waals surface area contributed by atoms with Crippen LogP contribution in [0.5, 0.6) is 0 Å². The molecule has 0 spiro atoms. The second-order valence-electron chi connectivity index (χ2n) is 7.03. The summed E-state index contributed by atoms with van der Waals surface area (Å²) in [5, 5.41) is 2.31. The van der Waals surface area contributed by atoms with E-state index in [0.717, 1.165) is 36.6 Å². The van der Waals surface area contributed by atoms with Gasteiger partial charge >= 0.3 is 5.69 Å². The number of ether oxygens (including phenoxy) is 1. The molecule has 0 bridgehead atoms. The summed E-state index contributed by atoms with van der Waals surface area (Å²) < 4.78 is 8.52. The number of aldehydes is 1. The Kier molecular flexibility index (Phi) is 6.41. The number of benzene rings is 1. The summed E-state index contributed by atoms with van der Waals surface area (Å²) in [4.78, 5) is 46.6. The molecule has 1 fully saturated rings. The first kappa shape index (κ1) is 20.0. The molecule has 0 saturated carbocycles.